The largest absolute Gasteiger partial charge is 0.382 e. The molecule has 0 atom stereocenters. The maximum Gasteiger partial charge on any atom is 0.189 e. The van der Waals surface area contributed by atoms with Crippen LogP contribution >= 0.6 is 0 Å². The van der Waals surface area contributed by atoms with Gasteiger partial charge < -0.3 is 15.6 Å². The second kappa shape index (κ2) is 10.8. The Labute approximate surface area is 235 Å². The van der Waals surface area contributed by atoms with Crippen LogP contribution in [-0.2, 0) is 16.4 Å². The second-order valence-corrected chi connectivity index (χ2v) is 14.0. The monoisotopic (exact) mass is 535 g/mol. The highest BCUT2D eigenvalue weighted by Crippen LogP contribution is 2.40. The van der Waals surface area contributed by atoms with Crippen LogP contribution in [0.25, 0.3) is 34.0 Å². The van der Waals surface area contributed by atoms with E-state index in [0.717, 1.165) is 12.1 Å². The molecule has 0 aliphatic rings. The number of nitrogens with one attached hydrogen (secondary N) is 1. The summed E-state index contributed by atoms with van der Waals surface area (Å²) in [6, 6.07) is 16.6. The predicted molar refractivity (Wildman–Crippen MR) is 173 cm³/mol. The molecule has 0 radical (unpaired) electrons. The van der Waals surface area contributed by atoms with Gasteiger partial charge in [-0.1, -0.05) is 51.8 Å². The van der Waals surface area contributed by atoms with E-state index in [2.05, 4.69) is 20.4 Å². The van der Waals surface area contributed by atoms with Gasteiger partial charge in [0.1, 0.15) is 5.69 Å². The quantitative estimate of drug-likeness (QED) is 0.233. The van der Waals surface area contributed by atoms with Crippen LogP contribution in [0.2, 0.25) is 10.2 Å². The number of hydrogen-bond donors (Lipinski definition) is 2. The van der Waals surface area contributed by atoms with Gasteiger partial charge in [-0.3, -0.25) is 0 Å². The Bertz CT molecular complexity index is 1550. The third-order valence-corrected chi connectivity index (χ3v) is 9.50. The van der Waals surface area contributed by atoms with Gasteiger partial charge in [-0.25, -0.2) is 18.4 Å². The molecule has 0 saturated heterocycles. The Hall–Kier alpha value is -3.17. The fraction of sp³-hybridized carbons (Fsp3) is 0.208. The molecule has 39 heavy (non-hydrogen) atoms. The Kier molecular flexibility index (Phi) is 7.96. The van der Waals surface area contributed by atoms with Crippen molar-refractivity contribution in [3.8, 4) is 34.0 Å². The Balaban J connectivity index is 1.64. The average molecular weight is 534 g/mol. The molecule has 2 heterocycles. The first-order valence-corrected chi connectivity index (χ1v) is 14.4. The van der Waals surface area contributed by atoms with Gasteiger partial charge in [-0.15, -0.1) is 0 Å². The van der Waals surface area contributed by atoms with E-state index in [4.69, 9.17) is 10.3 Å². The molecular weight excluding hydrogens is 503 g/mol. The third kappa shape index (κ3) is 6.20. The molecule has 0 bridgehead atoms. The van der Waals surface area contributed by atoms with E-state index >= 15 is 0 Å². The van der Waals surface area contributed by atoms with Crippen molar-refractivity contribution >= 4 is 62.7 Å². The summed E-state index contributed by atoms with van der Waals surface area (Å²) >= 11 is 0. The molecule has 4 aromatic rings. The van der Waals surface area contributed by atoms with E-state index in [0.29, 0.717) is 28.4 Å². The maximum atomic E-state index is 13.7. The van der Waals surface area contributed by atoms with Gasteiger partial charge >= 0.3 is 0 Å². The summed E-state index contributed by atoms with van der Waals surface area (Å²) in [6.07, 6.45) is 1.56. The van der Waals surface area contributed by atoms with Crippen LogP contribution in [0, 0.1) is 0 Å². The summed E-state index contributed by atoms with van der Waals surface area (Å²) in [6.45, 7) is 0.782. The van der Waals surface area contributed by atoms with Crippen LogP contribution < -0.4 is 11.1 Å². The predicted octanol–water partition coefficient (Wildman–Crippen LogP) is -2.14. The van der Waals surface area contributed by atoms with Gasteiger partial charge in [0.15, 0.2) is 27.1 Å². The van der Waals surface area contributed by atoms with Gasteiger partial charge in [0.05, 0.1) is 63.9 Å². The number of nitrogens with zero attached hydrogens (tertiary/aromatic N) is 3. The Morgan fingerprint density at radius 3 is 2.05 bits per heavy atom. The van der Waals surface area contributed by atoms with Crippen molar-refractivity contribution in [2.24, 2.45) is 0 Å². The molecule has 0 aliphatic carbocycles. The molecule has 8 nitrogen and oxygen atoms in total. The van der Waals surface area contributed by atoms with E-state index < -0.39 is 25.3 Å². The van der Waals surface area contributed by atoms with Gasteiger partial charge in [0, 0.05) is 29.0 Å². The molecule has 0 saturated carbocycles. The van der Waals surface area contributed by atoms with Crippen LogP contribution in [0.5, 0.6) is 0 Å². The Morgan fingerprint density at radius 1 is 0.923 bits per heavy atom. The first-order valence-electron chi connectivity index (χ1n) is 12.9. The summed E-state index contributed by atoms with van der Waals surface area (Å²) in [4.78, 5) is 9.28. The van der Waals surface area contributed by atoms with Gasteiger partial charge in [-0.2, -0.15) is 0 Å². The lowest BCUT2D eigenvalue weighted by Gasteiger charge is -2.40. The van der Waals surface area contributed by atoms with Crippen molar-refractivity contribution in [2.75, 3.05) is 12.8 Å². The molecule has 3 N–H and O–H groups in total. The van der Waals surface area contributed by atoms with E-state index in [1.807, 2.05) is 78.4 Å². The summed E-state index contributed by atoms with van der Waals surface area (Å²) in [7, 11) is 10.1. The topological polar surface area (TPSA) is 124 Å². The summed E-state index contributed by atoms with van der Waals surface area (Å²) < 4.78 is 32.9. The zero-order valence-electron chi connectivity index (χ0n) is 23.6. The molecule has 0 spiro atoms. The fourth-order valence-electron chi connectivity index (χ4n) is 5.42. The zero-order valence-corrected chi connectivity index (χ0v) is 24.4. The van der Waals surface area contributed by atoms with Gasteiger partial charge in [0.25, 0.3) is 0 Å². The van der Waals surface area contributed by atoms with Crippen LogP contribution in [0.15, 0.2) is 70.2 Å². The lowest BCUT2D eigenvalue weighted by atomic mass is 9.29. The van der Waals surface area contributed by atoms with Crippen molar-refractivity contribution in [2.45, 2.75) is 26.9 Å². The Morgan fingerprint density at radius 2 is 1.49 bits per heavy atom. The molecule has 4 rings (SSSR count). The summed E-state index contributed by atoms with van der Waals surface area (Å²) in [5, 5.41) is 5.89. The highest BCUT2D eigenvalue weighted by Gasteiger charge is 2.44. The average Bonchev–Trinajstić information content (AvgIpc) is 3.33. The number of benzene rings is 2. The third-order valence-electron chi connectivity index (χ3n) is 6.54. The van der Waals surface area contributed by atoms with Crippen molar-refractivity contribution in [1.82, 2.24) is 20.4 Å². The highest BCUT2D eigenvalue weighted by atomic mass is 32.2. The number of hydrogen-bond acceptors (Lipinski definition) is 8. The number of nitrogen functional groups attached to an aromatic ring is 1. The van der Waals surface area contributed by atoms with Crippen LogP contribution in [0.4, 0.5) is 5.82 Å². The minimum atomic E-state index is -3.59. The van der Waals surface area contributed by atoms with E-state index in [9.17, 15) is 8.42 Å². The van der Waals surface area contributed by atoms with E-state index in [1.54, 1.807) is 36.5 Å². The van der Waals surface area contributed by atoms with Crippen LogP contribution in [0.1, 0.15) is 5.56 Å². The van der Waals surface area contributed by atoms with E-state index in [1.165, 1.54) is 5.56 Å². The summed E-state index contributed by atoms with van der Waals surface area (Å²) in [5.74, 6) is 0.608. The lowest BCUT2D eigenvalue weighted by molar-refractivity contribution is 0.434. The number of anilines is 1. The molecule has 2 aromatic carbocycles. The van der Waals surface area contributed by atoms with Crippen molar-refractivity contribution < 1.29 is 12.9 Å². The van der Waals surface area contributed by atoms with Crippen molar-refractivity contribution in [3.05, 3.63) is 66.4 Å². The smallest absolute Gasteiger partial charge is 0.189 e. The summed E-state index contributed by atoms with van der Waals surface area (Å²) in [5.41, 5.74) is 10.5. The van der Waals surface area contributed by atoms with Crippen LogP contribution in [0.3, 0.4) is 0 Å². The lowest BCUT2D eigenvalue weighted by Crippen LogP contribution is -2.47. The van der Waals surface area contributed by atoms with Gasteiger partial charge in [0.2, 0.25) is 0 Å². The van der Waals surface area contributed by atoms with E-state index in [-0.39, 0.29) is 10.7 Å². The molecule has 0 aliphatic heterocycles. The fourth-order valence-corrected chi connectivity index (χ4v) is 8.07. The SMILES string of the molecule is BC(B)(B)C(C(B)(B)B)S(=O)(=O)c1ccc(-c2cnc(N)c(-c3cc(-c4ccc(CNC)cc4)no3)n2)cc1. The molecule has 15 heteroatoms. The number of nitrogens with two attached hydrogens (primary N) is 1. The van der Waals surface area contributed by atoms with Crippen molar-refractivity contribution in [3.63, 3.8) is 0 Å². The second-order valence-electron chi connectivity index (χ2n) is 12.0. The zero-order chi connectivity index (χ0) is 28.6. The molecule has 2 aromatic heterocycles. The molecule has 0 fully saturated rings. The standard InChI is InChI=1S/C24H31B6N5O3S/c1-32-11-13-2-4-14(5-3-13)17-10-19(38-35-17)20-21(31)33-12-18(34-20)15-6-8-16(9-7-15)39(36,37)22(23(25,26)27)24(28,29)30/h2-10,12,22,32H,11,25-30H2,1H3,(H2,31,33). The van der Waals surface area contributed by atoms with Crippen molar-refractivity contribution in [1.29, 1.82) is 0 Å². The highest BCUT2D eigenvalue weighted by molar-refractivity contribution is 7.92. The number of aromatic nitrogens is 3. The van der Waals surface area contributed by atoms with Gasteiger partial charge in [-0.05, 0) is 24.7 Å². The minimum absolute atomic E-state index is 0.211. The first kappa shape index (κ1) is 28.8. The molecule has 0 unspecified atom stereocenters. The number of rotatable bonds is 9. The maximum absolute atomic E-state index is 13.7. The van der Waals surface area contributed by atoms with Crippen LogP contribution in [-0.4, -0.2) is 82.9 Å². The first-order chi connectivity index (χ1) is 18.2. The molecule has 194 valence electrons. The number of sulfone groups is 1. The normalized spacial score (nSPS) is 12.6. The minimum Gasteiger partial charge on any atom is -0.382 e. The molecular formula is C24H31B6N5O3S. The molecule has 0 amide bonds.